The van der Waals surface area contributed by atoms with E-state index in [0.717, 1.165) is 43.4 Å². The van der Waals surface area contributed by atoms with Crippen LogP contribution < -0.4 is 15.5 Å². The molecule has 0 aliphatic carbocycles. The average molecular weight is 645 g/mol. The number of hydrogen-bond acceptors (Lipinski definition) is 5. The van der Waals surface area contributed by atoms with Crippen molar-refractivity contribution in [2.45, 2.75) is 37.2 Å². The van der Waals surface area contributed by atoms with Gasteiger partial charge in [0, 0.05) is 35.2 Å². The van der Waals surface area contributed by atoms with Crippen molar-refractivity contribution in [3.63, 3.8) is 0 Å². The monoisotopic (exact) mass is 645 g/mol. The molecule has 3 heterocycles. The minimum absolute atomic E-state index is 0.216. The first-order chi connectivity index (χ1) is 22.3. The maximum absolute atomic E-state index is 14.6. The van der Waals surface area contributed by atoms with Crippen LogP contribution >= 0.6 is 0 Å². The van der Waals surface area contributed by atoms with E-state index in [9.17, 15) is 27.2 Å². The summed E-state index contributed by atoms with van der Waals surface area (Å²) in [6.45, 7) is 5.51. The molecule has 0 bridgehead atoms. The van der Waals surface area contributed by atoms with Crippen LogP contribution in [0.15, 0.2) is 72.8 Å². The minimum atomic E-state index is -4.66. The number of anilines is 2. The van der Waals surface area contributed by atoms with E-state index in [1.807, 2.05) is 38.4 Å². The fraction of sp³-hybridized carbons (Fsp3) is 0.324. The molecule has 2 N–H and O–H groups in total. The van der Waals surface area contributed by atoms with Gasteiger partial charge in [-0.05, 0) is 95.0 Å². The Morgan fingerprint density at radius 1 is 1.04 bits per heavy atom. The summed E-state index contributed by atoms with van der Waals surface area (Å²) in [6, 6.07) is 17.4. The topological polar surface area (TPSA) is 82.5 Å². The third-order valence-electron chi connectivity index (χ3n) is 8.82. The van der Waals surface area contributed by atoms with E-state index in [2.05, 4.69) is 15.5 Å². The first-order valence-electron chi connectivity index (χ1n) is 15.4. The van der Waals surface area contributed by atoms with Crippen molar-refractivity contribution in [3.8, 4) is 5.69 Å². The van der Waals surface area contributed by atoms with Gasteiger partial charge in [-0.3, -0.25) is 14.5 Å². The molecule has 47 heavy (non-hydrogen) atoms. The number of carbonyl (C=O) groups excluding carboxylic acids is 2. The van der Waals surface area contributed by atoms with Crippen molar-refractivity contribution in [2.24, 2.45) is 0 Å². The van der Waals surface area contributed by atoms with Gasteiger partial charge >= 0.3 is 6.18 Å². The van der Waals surface area contributed by atoms with E-state index in [1.165, 1.54) is 23.1 Å². The smallest absolute Gasteiger partial charge is 0.385 e. The molecule has 1 aromatic heterocycles. The molecule has 2 aliphatic heterocycles. The van der Waals surface area contributed by atoms with Gasteiger partial charge < -0.3 is 15.5 Å². The molecule has 6 rings (SSSR count). The quantitative estimate of drug-likeness (QED) is 0.142. The van der Waals surface area contributed by atoms with Crippen LogP contribution in [0.1, 0.15) is 46.1 Å². The van der Waals surface area contributed by atoms with Crippen molar-refractivity contribution >= 4 is 30.6 Å². The number of aromatic nitrogens is 2. The molecule has 243 valence electrons. The van der Waals surface area contributed by atoms with Gasteiger partial charge in [0.15, 0.2) is 7.28 Å². The Balaban J connectivity index is 1.45. The first kappa shape index (κ1) is 32.3. The fourth-order valence-electron chi connectivity index (χ4n) is 6.62. The lowest BCUT2D eigenvalue weighted by Gasteiger charge is -2.39. The van der Waals surface area contributed by atoms with E-state index in [-0.39, 0.29) is 12.1 Å². The van der Waals surface area contributed by atoms with E-state index in [1.54, 1.807) is 37.9 Å². The van der Waals surface area contributed by atoms with Crippen LogP contribution in [0.25, 0.3) is 5.69 Å². The highest BCUT2D eigenvalue weighted by Gasteiger charge is 2.79. The van der Waals surface area contributed by atoms with E-state index >= 15 is 0 Å². The predicted molar refractivity (Wildman–Crippen MR) is 173 cm³/mol. The number of likely N-dealkylation sites (N-methyl/N-ethyl adjacent to an activating group) is 1. The maximum Gasteiger partial charge on any atom is 0.416 e. The number of fused-ring (bicyclic) bond motifs is 3. The van der Waals surface area contributed by atoms with Crippen LogP contribution in [0, 0.1) is 12.7 Å². The summed E-state index contributed by atoms with van der Waals surface area (Å²) in [7, 11) is 5.72. The zero-order chi connectivity index (χ0) is 33.7. The number of halogens is 4. The van der Waals surface area contributed by atoms with Crippen molar-refractivity contribution in [1.29, 1.82) is 0 Å². The molecule has 1 radical (unpaired) electrons. The third kappa shape index (κ3) is 5.46. The standard InChI is InChI=1S/C34H34BF4N6O2/c1-5-44-30-28(21(2)42-45(30)27-12-7-11-26(20-27)40-17-8-18-43(3)4)32(23-13-15-25(36)16-14-23)33(35-32,31(44)47)41-29(46)22-9-6-10-24(19-22)34(37,38)39/h6-7,9-16,19-20,40H,5,8,17-18H2,1-4H3,(H,41,46)/t32-,33-/m0/s1. The number of rotatable bonds is 10. The normalized spacial score (nSPS) is 20.0. The molecule has 4 aromatic rings. The van der Waals surface area contributed by atoms with Gasteiger partial charge in [-0.1, -0.05) is 24.3 Å². The van der Waals surface area contributed by atoms with Gasteiger partial charge in [0.25, 0.3) is 5.91 Å². The molecule has 0 saturated carbocycles. The zero-order valence-corrected chi connectivity index (χ0v) is 26.5. The van der Waals surface area contributed by atoms with Crippen LogP contribution in [-0.4, -0.2) is 72.9 Å². The Bertz CT molecular complexity index is 1840. The van der Waals surface area contributed by atoms with Crippen LogP contribution in [0.3, 0.4) is 0 Å². The van der Waals surface area contributed by atoms with E-state index in [4.69, 9.17) is 5.10 Å². The molecule has 1 saturated heterocycles. The Kier molecular flexibility index (Phi) is 8.15. The second-order valence-corrected chi connectivity index (χ2v) is 12.2. The molecular formula is C34H34BF4N6O2. The molecule has 8 nitrogen and oxygen atoms in total. The minimum Gasteiger partial charge on any atom is -0.385 e. The van der Waals surface area contributed by atoms with Gasteiger partial charge in [0.2, 0.25) is 5.91 Å². The Hall–Kier alpha value is -4.65. The molecule has 1 fully saturated rings. The molecule has 3 aromatic carbocycles. The Labute approximate surface area is 271 Å². The Morgan fingerprint density at radius 3 is 2.45 bits per heavy atom. The molecule has 13 heteroatoms. The summed E-state index contributed by atoms with van der Waals surface area (Å²) in [5.41, 5.74) is 0.444. The fourth-order valence-corrected chi connectivity index (χ4v) is 6.62. The van der Waals surface area contributed by atoms with Gasteiger partial charge in [0.05, 0.1) is 22.4 Å². The first-order valence-corrected chi connectivity index (χ1v) is 15.4. The second kappa shape index (κ2) is 11.9. The number of benzene rings is 3. The summed E-state index contributed by atoms with van der Waals surface area (Å²) in [4.78, 5) is 31.9. The van der Waals surface area contributed by atoms with E-state index < -0.39 is 40.1 Å². The molecule has 0 unspecified atom stereocenters. The molecular weight excluding hydrogens is 611 g/mol. The number of nitrogens with one attached hydrogen (secondary N) is 2. The van der Waals surface area contributed by atoms with Crippen molar-refractivity contribution < 1.29 is 27.2 Å². The van der Waals surface area contributed by atoms with Crippen molar-refractivity contribution in [3.05, 3.63) is 107 Å². The Morgan fingerprint density at radius 2 is 1.77 bits per heavy atom. The van der Waals surface area contributed by atoms with Crippen LogP contribution in [0.2, 0.25) is 0 Å². The lowest BCUT2D eigenvalue weighted by atomic mass is 9.75. The van der Waals surface area contributed by atoms with Crippen LogP contribution in [0.5, 0.6) is 0 Å². The number of carbonyl (C=O) groups is 2. The number of aryl methyl sites for hydroxylation is 1. The van der Waals surface area contributed by atoms with Crippen molar-refractivity contribution in [1.82, 2.24) is 20.0 Å². The zero-order valence-electron chi connectivity index (χ0n) is 26.5. The number of hydrogen-bond donors (Lipinski definition) is 2. The van der Waals surface area contributed by atoms with Crippen molar-refractivity contribution in [2.75, 3.05) is 43.9 Å². The molecule has 2 aliphatic rings. The van der Waals surface area contributed by atoms with E-state index in [0.29, 0.717) is 28.3 Å². The van der Waals surface area contributed by atoms with Gasteiger partial charge in [0.1, 0.15) is 11.6 Å². The highest BCUT2D eigenvalue weighted by atomic mass is 19.4. The lowest BCUT2D eigenvalue weighted by Crippen LogP contribution is -2.59. The predicted octanol–water partition coefficient (Wildman–Crippen LogP) is 5.16. The highest BCUT2D eigenvalue weighted by molar-refractivity contribution is 6.70. The molecule has 0 spiro atoms. The third-order valence-corrected chi connectivity index (χ3v) is 8.82. The summed E-state index contributed by atoms with van der Waals surface area (Å²) in [6.07, 6.45) is -3.71. The van der Waals surface area contributed by atoms with Crippen LogP contribution in [-0.2, 0) is 16.3 Å². The summed E-state index contributed by atoms with van der Waals surface area (Å²) < 4.78 is 56.3. The molecule has 2 atom stereocenters. The number of amides is 2. The largest absolute Gasteiger partial charge is 0.416 e. The number of alkyl halides is 3. The average Bonchev–Trinajstić information content (AvgIpc) is 3.59. The molecule has 2 amide bonds. The second-order valence-electron chi connectivity index (χ2n) is 12.2. The summed E-state index contributed by atoms with van der Waals surface area (Å²) in [5, 5.41) is 9.85. The highest BCUT2D eigenvalue weighted by Crippen LogP contribution is 2.62. The number of nitrogens with zero attached hydrogens (tertiary/aromatic N) is 4. The SMILES string of the molecule is CCN1C(=O)[C@@]2(NC(=O)c3cccc(C(F)(F)F)c3)[B][C@@]2(c2ccc(F)cc2)c2c(C)nn(-c3cccc(NCCCN(C)C)c3)c21. The summed E-state index contributed by atoms with van der Waals surface area (Å²) in [5.74, 6) is -1.30. The van der Waals surface area contributed by atoms with Gasteiger partial charge in [-0.25, -0.2) is 9.07 Å². The summed E-state index contributed by atoms with van der Waals surface area (Å²) >= 11 is 0. The van der Waals surface area contributed by atoms with Gasteiger partial charge in [-0.2, -0.15) is 18.3 Å². The maximum atomic E-state index is 14.6. The van der Waals surface area contributed by atoms with Crippen LogP contribution in [0.4, 0.5) is 29.1 Å². The lowest BCUT2D eigenvalue weighted by molar-refractivity contribution is -0.137. The van der Waals surface area contributed by atoms with Gasteiger partial charge in [-0.15, -0.1) is 0 Å².